The van der Waals surface area contributed by atoms with Crippen LogP contribution < -0.4 is 9.47 Å². The van der Waals surface area contributed by atoms with Gasteiger partial charge in [0, 0.05) is 18.4 Å². The predicted octanol–water partition coefficient (Wildman–Crippen LogP) is 2.83. The van der Waals surface area contributed by atoms with Crippen LogP contribution >= 0.6 is 0 Å². The third-order valence-electron chi connectivity index (χ3n) is 5.96. The second-order valence-electron chi connectivity index (χ2n) is 7.26. The fraction of sp³-hybridized carbons (Fsp3) is 0.632. The number of hydrogen-bond donors (Lipinski definition) is 1. The van der Waals surface area contributed by atoms with Crippen molar-refractivity contribution < 1.29 is 19.4 Å². The number of Topliss-reactive ketones (excluding diaryl/α,β-unsaturated/α-hetero) is 1. The van der Waals surface area contributed by atoms with Crippen molar-refractivity contribution in [1.29, 1.82) is 0 Å². The van der Waals surface area contributed by atoms with Gasteiger partial charge in [-0.05, 0) is 49.7 Å². The Hall–Kier alpha value is -1.55. The Bertz CT molecular complexity index is 639. The van der Waals surface area contributed by atoms with Crippen molar-refractivity contribution in [1.82, 2.24) is 0 Å². The molecule has 1 aromatic rings. The highest BCUT2D eigenvalue weighted by molar-refractivity contribution is 5.84. The minimum atomic E-state index is -0.785. The average molecular weight is 316 g/mol. The number of carbonyl (C=O) groups is 1. The second kappa shape index (κ2) is 5.52. The molecular weight excluding hydrogens is 292 g/mol. The molecule has 4 nitrogen and oxygen atoms in total. The Morgan fingerprint density at radius 2 is 2.17 bits per heavy atom. The van der Waals surface area contributed by atoms with Crippen molar-refractivity contribution in [3.63, 3.8) is 0 Å². The van der Waals surface area contributed by atoms with E-state index in [4.69, 9.17) is 9.47 Å². The zero-order chi connectivity index (χ0) is 16.0. The van der Waals surface area contributed by atoms with Gasteiger partial charge >= 0.3 is 0 Å². The van der Waals surface area contributed by atoms with Gasteiger partial charge in [-0.15, -0.1) is 0 Å². The summed E-state index contributed by atoms with van der Waals surface area (Å²) in [6, 6.07) is 4.05. The maximum atomic E-state index is 12.4. The number of fused-ring (bicyclic) bond motifs is 4. The molecule has 1 N–H and O–H groups in total. The summed E-state index contributed by atoms with van der Waals surface area (Å²) in [7, 11) is 1.64. The van der Waals surface area contributed by atoms with Gasteiger partial charge in [0.25, 0.3) is 0 Å². The van der Waals surface area contributed by atoms with Gasteiger partial charge in [0.15, 0.2) is 23.4 Å². The van der Waals surface area contributed by atoms with E-state index in [0.717, 1.165) is 37.9 Å². The Morgan fingerprint density at radius 1 is 1.30 bits per heavy atom. The molecule has 1 saturated carbocycles. The molecule has 0 radical (unpaired) electrons. The van der Waals surface area contributed by atoms with Crippen LogP contribution in [0.5, 0.6) is 11.5 Å². The van der Waals surface area contributed by atoms with Gasteiger partial charge in [-0.2, -0.15) is 0 Å². The van der Waals surface area contributed by atoms with E-state index < -0.39 is 11.7 Å². The highest BCUT2D eigenvalue weighted by Crippen LogP contribution is 2.46. The topological polar surface area (TPSA) is 55.8 Å². The summed E-state index contributed by atoms with van der Waals surface area (Å²) >= 11 is 0. The lowest BCUT2D eigenvalue weighted by atomic mass is 9.69. The van der Waals surface area contributed by atoms with Crippen LogP contribution in [-0.2, 0) is 17.6 Å². The van der Waals surface area contributed by atoms with Crippen LogP contribution in [0.4, 0.5) is 0 Å². The van der Waals surface area contributed by atoms with E-state index in [2.05, 4.69) is 6.07 Å². The molecule has 0 saturated heterocycles. The van der Waals surface area contributed by atoms with Crippen molar-refractivity contribution in [2.24, 2.45) is 5.92 Å². The predicted molar refractivity (Wildman–Crippen MR) is 86.0 cm³/mol. The summed E-state index contributed by atoms with van der Waals surface area (Å²) in [5.41, 5.74) is 1.64. The molecule has 0 aromatic heterocycles. The first-order valence-electron chi connectivity index (χ1n) is 8.71. The molecule has 124 valence electrons. The van der Waals surface area contributed by atoms with Crippen molar-refractivity contribution in [3.05, 3.63) is 23.3 Å². The number of ketones is 1. The molecule has 1 aliphatic heterocycles. The van der Waals surface area contributed by atoms with E-state index in [0.29, 0.717) is 25.0 Å². The molecule has 6 bridgehead atoms. The first-order valence-corrected chi connectivity index (χ1v) is 8.71. The van der Waals surface area contributed by atoms with E-state index >= 15 is 0 Å². The van der Waals surface area contributed by atoms with Gasteiger partial charge in [-0.1, -0.05) is 12.5 Å². The highest BCUT2D eigenvalue weighted by Gasteiger charge is 2.46. The Labute approximate surface area is 136 Å². The average Bonchev–Trinajstić information content (AvgIpc) is 2.53. The number of benzene rings is 1. The van der Waals surface area contributed by atoms with Crippen LogP contribution in [-0.4, -0.2) is 29.7 Å². The van der Waals surface area contributed by atoms with Gasteiger partial charge in [0.1, 0.15) is 0 Å². The smallest absolute Gasteiger partial charge is 0.173 e. The van der Waals surface area contributed by atoms with Crippen LogP contribution in [0.15, 0.2) is 12.1 Å². The summed E-state index contributed by atoms with van der Waals surface area (Å²) in [4.78, 5) is 12.4. The molecular formula is C19H24O4. The first-order chi connectivity index (χ1) is 11.1. The van der Waals surface area contributed by atoms with E-state index in [-0.39, 0.29) is 11.7 Å². The van der Waals surface area contributed by atoms with Crippen molar-refractivity contribution in [2.75, 3.05) is 7.11 Å². The van der Waals surface area contributed by atoms with Crippen LogP contribution in [0.1, 0.15) is 49.7 Å². The van der Waals surface area contributed by atoms with Gasteiger partial charge in [-0.3, -0.25) is 4.79 Å². The number of aliphatic hydroxyl groups is 1. The van der Waals surface area contributed by atoms with E-state index in [1.54, 1.807) is 7.11 Å². The molecule has 4 rings (SSSR count). The van der Waals surface area contributed by atoms with Crippen molar-refractivity contribution in [2.45, 2.75) is 63.1 Å². The number of ether oxygens (including phenoxy) is 2. The summed E-state index contributed by atoms with van der Waals surface area (Å²) in [6.45, 7) is 0. The fourth-order valence-corrected chi connectivity index (χ4v) is 4.58. The molecule has 23 heavy (non-hydrogen) atoms. The molecule has 1 heterocycles. The van der Waals surface area contributed by atoms with Gasteiger partial charge in [-0.25, -0.2) is 0 Å². The third-order valence-corrected chi connectivity index (χ3v) is 5.96. The second-order valence-corrected chi connectivity index (χ2v) is 7.26. The molecule has 1 aromatic carbocycles. The van der Waals surface area contributed by atoms with Crippen LogP contribution in [0.2, 0.25) is 0 Å². The number of hydrogen-bond acceptors (Lipinski definition) is 4. The standard InChI is InChI=1S/C19H24O4/c1-22-16-7-6-12-10-13-4-2-3-5-14(12)18(16)23-17-11-19(13,21)9-8-15(17)20/h6-7,13,17,21H,2-5,8-11H2,1H3/t13-,17-,19+/m1/s1. The lowest BCUT2D eigenvalue weighted by molar-refractivity contribution is -0.141. The number of carbonyl (C=O) groups excluding carboxylic acids is 1. The molecule has 2 aliphatic carbocycles. The normalized spacial score (nSPS) is 32.9. The quantitative estimate of drug-likeness (QED) is 0.865. The molecule has 3 aliphatic rings. The molecule has 0 unspecified atom stereocenters. The largest absolute Gasteiger partial charge is 0.493 e. The lowest BCUT2D eigenvalue weighted by Gasteiger charge is -2.41. The number of methoxy groups -OCH3 is 1. The highest BCUT2D eigenvalue weighted by atomic mass is 16.5. The maximum Gasteiger partial charge on any atom is 0.173 e. The van der Waals surface area contributed by atoms with Gasteiger partial charge < -0.3 is 14.6 Å². The maximum absolute atomic E-state index is 12.4. The molecule has 0 amide bonds. The van der Waals surface area contributed by atoms with E-state index in [9.17, 15) is 9.90 Å². The van der Waals surface area contributed by atoms with Crippen molar-refractivity contribution >= 4 is 5.78 Å². The molecule has 0 spiro atoms. The van der Waals surface area contributed by atoms with Gasteiger partial charge in [0.05, 0.1) is 12.7 Å². The Kier molecular flexibility index (Phi) is 3.60. The minimum absolute atomic E-state index is 0.105. The fourth-order valence-electron chi connectivity index (χ4n) is 4.58. The summed E-state index contributed by atoms with van der Waals surface area (Å²) in [5, 5.41) is 11.3. The third kappa shape index (κ3) is 2.44. The van der Waals surface area contributed by atoms with E-state index in [1.807, 2.05) is 6.07 Å². The van der Waals surface area contributed by atoms with Gasteiger partial charge in [0.2, 0.25) is 0 Å². The molecule has 1 fully saturated rings. The summed E-state index contributed by atoms with van der Waals surface area (Å²) in [5.74, 6) is 1.74. The Morgan fingerprint density at radius 3 is 3.00 bits per heavy atom. The summed E-state index contributed by atoms with van der Waals surface area (Å²) in [6.07, 6.45) is 5.89. The van der Waals surface area contributed by atoms with Crippen molar-refractivity contribution in [3.8, 4) is 11.5 Å². The zero-order valence-electron chi connectivity index (χ0n) is 13.6. The SMILES string of the molecule is COc1ccc2c3c1O[C@@H]1C[C@@](O)(CCC1=O)[C@H](CCCC3)C2. The molecule has 4 heteroatoms. The Balaban J connectivity index is 1.89. The van der Waals surface area contributed by atoms with Crippen LogP contribution in [0, 0.1) is 5.92 Å². The van der Waals surface area contributed by atoms with Crippen LogP contribution in [0.3, 0.4) is 0 Å². The molecule has 3 atom stereocenters. The number of rotatable bonds is 1. The monoisotopic (exact) mass is 316 g/mol. The minimum Gasteiger partial charge on any atom is -0.493 e. The lowest BCUT2D eigenvalue weighted by Crippen LogP contribution is -2.49. The van der Waals surface area contributed by atoms with Crippen LogP contribution in [0.25, 0.3) is 0 Å². The van der Waals surface area contributed by atoms with E-state index in [1.165, 1.54) is 11.1 Å². The zero-order valence-corrected chi connectivity index (χ0v) is 13.6. The summed E-state index contributed by atoms with van der Waals surface area (Å²) < 4.78 is 11.7. The first kappa shape index (κ1) is 15.0.